The Kier molecular flexibility index (Phi) is 15.2. The van der Waals surface area contributed by atoms with Gasteiger partial charge in [-0.05, 0) is 148 Å². The zero-order valence-electron chi connectivity index (χ0n) is 37.4. The van der Waals surface area contributed by atoms with Crippen LogP contribution in [-0.2, 0) is 9.59 Å². The molecule has 2 heterocycles. The molecule has 8 rings (SSSR count). The van der Waals surface area contributed by atoms with Crippen molar-refractivity contribution in [3.63, 3.8) is 0 Å². The van der Waals surface area contributed by atoms with Crippen LogP contribution in [0, 0.1) is 22.7 Å². The SMILES string of the molecule is C=CC[C@@]1(C)C[C@H](c2cccc(Cl)c2)[C@@H](c2ccc(Cl)cc2)N([C@@H](C2CC2)[C@@H](C)O)C1=O.C=CC[C@@]1(C)C[C@H](c2cccc(Cl)c2)[C@@H](c2ccc(Cl)cc2)N([C@@H](C2CC2)[C@H](C)O)C1=O. The molecule has 0 radical (unpaired) electrons. The Morgan fingerprint density at radius 2 is 0.922 bits per heavy atom. The number of benzene rings is 4. The predicted molar refractivity (Wildman–Crippen MR) is 262 cm³/mol. The Labute approximate surface area is 400 Å². The van der Waals surface area contributed by atoms with E-state index in [1.807, 2.05) is 135 Å². The minimum absolute atomic E-state index is 0.0255. The Morgan fingerprint density at radius 3 is 1.20 bits per heavy atom. The summed E-state index contributed by atoms with van der Waals surface area (Å²) in [5.41, 5.74) is 3.06. The highest BCUT2D eigenvalue weighted by molar-refractivity contribution is 6.31. The number of hydrogen-bond acceptors (Lipinski definition) is 4. The van der Waals surface area contributed by atoms with Crippen LogP contribution in [-0.4, -0.2) is 56.1 Å². The molecule has 2 saturated heterocycles. The highest BCUT2D eigenvalue weighted by Crippen LogP contribution is 2.56. The van der Waals surface area contributed by atoms with Crippen molar-refractivity contribution in [1.29, 1.82) is 0 Å². The molecule has 0 spiro atoms. The van der Waals surface area contributed by atoms with Crippen LogP contribution < -0.4 is 0 Å². The van der Waals surface area contributed by atoms with E-state index in [2.05, 4.69) is 25.3 Å². The first-order valence-electron chi connectivity index (χ1n) is 22.8. The van der Waals surface area contributed by atoms with Gasteiger partial charge in [-0.25, -0.2) is 0 Å². The summed E-state index contributed by atoms with van der Waals surface area (Å²) in [7, 11) is 0. The molecular weight excluding hydrogens is 882 g/mol. The molecule has 2 N–H and O–H groups in total. The summed E-state index contributed by atoms with van der Waals surface area (Å²) in [6.07, 6.45) is 9.11. The molecule has 2 saturated carbocycles. The van der Waals surface area contributed by atoms with Gasteiger partial charge < -0.3 is 20.0 Å². The van der Waals surface area contributed by atoms with Gasteiger partial charge in [-0.15, -0.1) is 13.2 Å². The fourth-order valence-electron chi connectivity index (χ4n) is 11.0. The summed E-state index contributed by atoms with van der Waals surface area (Å²) in [5.74, 6) is 0.872. The summed E-state index contributed by atoms with van der Waals surface area (Å²) in [6, 6.07) is 30.5. The summed E-state index contributed by atoms with van der Waals surface area (Å²) >= 11 is 25.2. The lowest BCUT2D eigenvalue weighted by atomic mass is 9.66. The average molecular weight is 945 g/mol. The fourth-order valence-corrected chi connectivity index (χ4v) is 11.7. The highest BCUT2D eigenvalue weighted by Gasteiger charge is 2.56. The minimum Gasteiger partial charge on any atom is -0.391 e. The molecule has 0 bridgehead atoms. The van der Waals surface area contributed by atoms with Crippen LogP contribution in [0.4, 0.5) is 0 Å². The maximum absolute atomic E-state index is 14.1. The molecule has 4 aromatic carbocycles. The smallest absolute Gasteiger partial charge is 0.229 e. The average Bonchev–Trinajstić information content (AvgIpc) is 4.20. The van der Waals surface area contributed by atoms with Gasteiger partial charge in [-0.3, -0.25) is 9.59 Å². The lowest BCUT2D eigenvalue weighted by molar-refractivity contribution is -0.159. The number of halogens is 4. The number of likely N-dealkylation sites (tertiary alicyclic amines) is 2. The number of aliphatic hydroxyl groups is 2. The highest BCUT2D eigenvalue weighted by atomic mass is 35.5. The number of piperidine rings is 2. The number of rotatable bonds is 14. The summed E-state index contributed by atoms with van der Waals surface area (Å²) in [4.78, 5) is 32.3. The van der Waals surface area contributed by atoms with Crippen LogP contribution in [0.2, 0.25) is 20.1 Å². The number of carbonyl (C=O) groups is 2. The van der Waals surface area contributed by atoms with Gasteiger partial charge in [0.25, 0.3) is 0 Å². The summed E-state index contributed by atoms with van der Waals surface area (Å²) in [5, 5.41) is 24.4. The van der Waals surface area contributed by atoms with Crippen molar-refractivity contribution in [2.75, 3.05) is 0 Å². The standard InChI is InChI=1S/2C27H31Cl2NO2/c2*1-4-14-27(3)16-23(20-6-5-7-22(29)15-20)25(19-10-12-21(28)13-11-19)30(26(27)32)24(17(2)31)18-8-9-18/h2*4-7,10-13,15,17-18,23-25,31H,1,8-9,14,16H2,2-3H3/t17-,23+,24+,25+,27-;17-,23-,24-,25-,27+/m01/s1. The van der Waals surface area contributed by atoms with Crippen molar-refractivity contribution >= 4 is 58.2 Å². The van der Waals surface area contributed by atoms with E-state index in [9.17, 15) is 19.8 Å². The molecule has 2 amide bonds. The van der Waals surface area contributed by atoms with Crippen molar-refractivity contribution in [3.05, 3.63) is 165 Å². The first-order valence-corrected chi connectivity index (χ1v) is 24.3. The van der Waals surface area contributed by atoms with Crippen LogP contribution in [0.1, 0.15) is 125 Å². The number of hydrogen-bond donors (Lipinski definition) is 2. The molecule has 4 aromatic rings. The third kappa shape index (κ3) is 10.3. The van der Waals surface area contributed by atoms with Crippen LogP contribution in [0.5, 0.6) is 0 Å². The van der Waals surface area contributed by atoms with E-state index in [0.717, 1.165) is 47.9 Å². The van der Waals surface area contributed by atoms with Crippen molar-refractivity contribution < 1.29 is 19.8 Å². The summed E-state index contributed by atoms with van der Waals surface area (Å²) in [6.45, 7) is 15.5. The molecule has 10 atom stereocenters. The second-order valence-corrected chi connectivity index (χ2v) is 21.1. The minimum atomic E-state index is -0.618. The zero-order valence-corrected chi connectivity index (χ0v) is 40.4. The van der Waals surface area contributed by atoms with Gasteiger partial charge in [0.15, 0.2) is 0 Å². The molecule has 2 aliphatic carbocycles. The predicted octanol–water partition coefficient (Wildman–Crippen LogP) is 13.6. The van der Waals surface area contributed by atoms with E-state index in [1.54, 1.807) is 0 Å². The van der Waals surface area contributed by atoms with Crippen molar-refractivity contribution in [2.24, 2.45) is 22.7 Å². The van der Waals surface area contributed by atoms with E-state index in [-0.39, 0.29) is 47.8 Å². The van der Waals surface area contributed by atoms with E-state index in [4.69, 9.17) is 46.4 Å². The van der Waals surface area contributed by atoms with Crippen molar-refractivity contribution in [3.8, 4) is 0 Å². The number of nitrogens with zero attached hydrogens (tertiary/aromatic N) is 2. The van der Waals surface area contributed by atoms with E-state index in [0.29, 0.717) is 57.6 Å². The molecule has 0 unspecified atom stereocenters. The second kappa shape index (κ2) is 20.1. The molecule has 10 heteroatoms. The summed E-state index contributed by atoms with van der Waals surface area (Å²) < 4.78 is 0. The van der Waals surface area contributed by atoms with Gasteiger partial charge in [-0.2, -0.15) is 0 Å². The Morgan fingerprint density at radius 1 is 0.578 bits per heavy atom. The Balaban J connectivity index is 0.000000191. The third-order valence-electron chi connectivity index (χ3n) is 14.2. The quantitative estimate of drug-likeness (QED) is 0.123. The first-order chi connectivity index (χ1) is 30.5. The maximum atomic E-state index is 14.1. The van der Waals surface area contributed by atoms with Gasteiger partial charge in [0, 0.05) is 31.9 Å². The van der Waals surface area contributed by atoms with E-state index < -0.39 is 23.0 Å². The molecule has 4 aliphatic rings. The molecule has 6 nitrogen and oxygen atoms in total. The topological polar surface area (TPSA) is 81.1 Å². The van der Waals surface area contributed by atoms with Gasteiger partial charge in [0.1, 0.15) is 0 Å². The Hall–Kier alpha value is -3.62. The molecule has 2 aliphatic heterocycles. The van der Waals surface area contributed by atoms with E-state index >= 15 is 0 Å². The fraction of sp³-hybridized carbons (Fsp3) is 0.444. The molecule has 4 fully saturated rings. The zero-order chi connectivity index (χ0) is 46.1. The Bertz CT molecular complexity index is 2130. The lowest BCUT2D eigenvalue weighted by Crippen LogP contribution is -2.58. The first kappa shape index (κ1) is 48.3. The molecule has 64 heavy (non-hydrogen) atoms. The number of aliphatic hydroxyl groups excluding tert-OH is 2. The monoisotopic (exact) mass is 942 g/mol. The van der Waals surface area contributed by atoms with Gasteiger partial charge >= 0.3 is 0 Å². The van der Waals surface area contributed by atoms with Crippen molar-refractivity contribution in [1.82, 2.24) is 9.80 Å². The van der Waals surface area contributed by atoms with Crippen molar-refractivity contribution in [2.45, 2.75) is 127 Å². The molecular formula is C54H62Cl4N2O4. The lowest BCUT2D eigenvalue weighted by Gasteiger charge is -2.53. The van der Waals surface area contributed by atoms with Crippen LogP contribution in [0.3, 0.4) is 0 Å². The normalized spacial score (nSPS) is 27.8. The second-order valence-electron chi connectivity index (χ2n) is 19.4. The molecule has 0 aromatic heterocycles. The third-order valence-corrected chi connectivity index (χ3v) is 15.2. The van der Waals surface area contributed by atoms with E-state index in [1.165, 1.54) is 0 Å². The van der Waals surface area contributed by atoms with Gasteiger partial charge in [-0.1, -0.05) is 121 Å². The number of amides is 2. The van der Waals surface area contributed by atoms with Crippen LogP contribution >= 0.6 is 46.4 Å². The number of carbonyl (C=O) groups excluding carboxylic acids is 2. The molecule has 340 valence electrons. The number of allylic oxidation sites excluding steroid dienone is 2. The van der Waals surface area contributed by atoms with Gasteiger partial charge in [0.2, 0.25) is 11.8 Å². The van der Waals surface area contributed by atoms with Crippen LogP contribution in [0.15, 0.2) is 122 Å². The van der Waals surface area contributed by atoms with Crippen LogP contribution in [0.25, 0.3) is 0 Å². The largest absolute Gasteiger partial charge is 0.391 e. The van der Waals surface area contributed by atoms with Gasteiger partial charge in [0.05, 0.1) is 47.2 Å². The maximum Gasteiger partial charge on any atom is 0.229 e.